The first-order chi connectivity index (χ1) is 9.61. The van der Waals surface area contributed by atoms with Gasteiger partial charge in [-0.1, -0.05) is 11.8 Å². The molecule has 0 atom stereocenters. The molecule has 2 aromatic heterocycles. The number of thiophene rings is 1. The van der Waals surface area contributed by atoms with Crippen molar-refractivity contribution in [2.24, 2.45) is 0 Å². The molecule has 0 unspecified atom stereocenters. The van der Waals surface area contributed by atoms with E-state index in [1.165, 1.54) is 11.3 Å². The molecule has 2 heterocycles. The fraction of sp³-hybridized carbons (Fsp3) is 0.267. The van der Waals surface area contributed by atoms with E-state index < -0.39 is 0 Å². The molecule has 2 rings (SSSR count). The van der Waals surface area contributed by atoms with Crippen LogP contribution in [0, 0.1) is 18.8 Å². The Morgan fingerprint density at radius 3 is 2.90 bits per heavy atom. The molecule has 0 aromatic carbocycles. The maximum Gasteiger partial charge on any atom is 0.265 e. The van der Waals surface area contributed by atoms with Crippen molar-refractivity contribution in [3.63, 3.8) is 0 Å². The highest BCUT2D eigenvalue weighted by molar-refractivity contribution is 7.12. The molecule has 2 aromatic rings. The fourth-order valence-corrected chi connectivity index (χ4v) is 2.60. The Bertz CT molecular complexity index is 660. The number of aliphatic hydroxyl groups is 1. The van der Waals surface area contributed by atoms with E-state index in [1.54, 1.807) is 18.0 Å². The molecular weight excluding hydrogens is 274 g/mol. The van der Waals surface area contributed by atoms with Crippen molar-refractivity contribution in [2.45, 2.75) is 13.5 Å². The van der Waals surface area contributed by atoms with Crippen molar-refractivity contribution in [3.05, 3.63) is 45.5 Å². The molecule has 5 heteroatoms. The molecular formula is C15H15NO3S. The van der Waals surface area contributed by atoms with Gasteiger partial charge in [0, 0.05) is 12.6 Å². The first-order valence-electron chi connectivity index (χ1n) is 6.10. The predicted molar refractivity (Wildman–Crippen MR) is 77.5 cm³/mol. The topological polar surface area (TPSA) is 53.7 Å². The molecule has 0 bridgehead atoms. The number of furan rings is 1. The number of amides is 1. The summed E-state index contributed by atoms with van der Waals surface area (Å²) < 4.78 is 5.47. The first-order valence-corrected chi connectivity index (χ1v) is 6.97. The predicted octanol–water partition coefficient (Wildman–Crippen LogP) is 2.27. The van der Waals surface area contributed by atoms with Crippen molar-refractivity contribution in [1.29, 1.82) is 0 Å². The SMILES string of the molecule is Cc1ccc(CN(C)C(=O)c2sccc2C#CCO)o1. The number of hydrogen-bond acceptors (Lipinski definition) is 4. The Balaban J connectivity index is 2.12. The molecule has 20 heavy (non-hydrogen) atoms. The highest BCUT2D eigenvalue weighted by atomic mass is 32.1. The zero-order chi connectivity index (χ0) is 14.5. The quantitative estimate of drug-likeness (QED) is 0.882. The molecule has 0 radical (unpaired) electrons. The van der Waals surface area contributed by atoms with E-state index in [4.69, 9.17) is 9.52 Å². The van der Waals surface area contributed by atoms with E-state index in [-0.39, 0.29) is 12.5 Å². The van der Waals surface area contributed by atoms with Crippen molar-refractivity contribution in [3.8, 4) is 11.8 Å². The lowest BCUT2D eigenvalue weighted by Crippen LogP contribution is -2.25. The summed E-state index contributed by atoms with van der Waals surface area (Å²) in [7, 11) is 1.73. The van der Waals surface area contributed by atoms with E-state index in [2.05, 4.69) is 11.8 Å². The molecule has 0 saturated carbocycles. The second-order valence-corrected chi connectivity index (χ2v) is 5.21. The van der Waals surface area contributed by atoms with Crippen LogP contribution in [0.3, 0.4) is 0 Å². The van der Waals surface area contributed by atoms with Crippen molar-refractivity contribution in [2.75, 3.05) is 13.7 Å². The molecule has 1 amide bonds. The maximum atomic E-state index is 12.4. The van der Waals surface area contributed by atoms with Gasteiger partial charge in [-0.15, -0.1) is 11.3 Å². The molecule has 0 aliphatic heterocycles. The zero-order valence-corrected chi connectivity index (χ0v) is 12.2. The van der Waals surface area contributed by atoms with Crippen LogP contribution < -0.4 is 0 Å². The van der Waals surface area contributed by atoms with E-state index in [0.29, 0.717) is 17.0 Å². The Morgan fingerprint density at radius 2 is 2.25 bits per heavy atom. The van der Waals surface area contributed by atoms with Gasteiger partial charge in [0.25, 0.3) is 5.91 Å². The zero-order valence-electron chi connectivity index (χ0n) is 11.3. The highest BCUT2D eigenvalue weighted by Crippen LogP contribution is 2.19. The second-order valence-electron chi connectivity index (χ2n) is 4.30. The third kappa shape index (κ3) is 3.29. The number of carbonyl (C=O) groups excluding carboxylic acids is 1. The van der Waals surface area contributed by atoms with Crippen molar-refractivity contribution < 1.29 is 14.3 Å². The summed E-state index contributed by atoms with van der Waals surface area (Å²) >= 11 is 1.35. The second kappa shape index (κ2) is 6.42. The average Bonchev–Trinajstić information content (AvgIpc) is 3.04. The van der Waals surface area contributed by atoms with E-state index >= 15 is 0 Å². The summed E-state index contributed by atoms with van der Waals surface area (Å²) in [5.41, 5.74) is 0.650. The van der Waals surface area contributed by atoms with Crippen molar-refractivity contribution >= 4 is 17.2 Å². The molecule has 4 nitrogen and oxygen atoms in total. The molecule has 0 spiro atoms. The standard InChI is InChI=1S/C15H15NO3S/c1-11-5-6-13(19-11)10-16(2)15(18)14-12(4-3-8-17)7-9-20-14/h5-7,9,17H,8,10H2,1-2H3. The molecule has 0 aliphatic carbocycles. The molecule has 0 fully saturated rings. The third-order valence-electron chi connectivity index (χ3n) is 2.70. The minimum atomic E-state index is -0.217. The van der Waals surface area contributed by atoms with Gasteiger partial charge >= 0.3 is 0 Å². The van der Waals surface area contributed by atoms with Crippen LogP contribution in [0.2, 0.25) is 0 Å². The van der Waals surface area contributed by atoms with Gasteiger partial charge in [-0.05, 0) is 30.5 Å². The van der Waals surface area contributed by atoms with Crippen LogP contribution in [0.1, 0.15) is 26.8 Å². The lowest BCUT2D eigenvalue weighted by molar-refractivity contribution is 0.0779. The van der Waals surface area contributed by atoms with E-state index in [0.717, 1.165) is 11.5 Å². The first kappa shape index (κ1) is 14.4. The highest BCUT2D eigenvalue weighted by Gasteiger charge is 2.17. The lowest BCUT2D eigenvalue weighted by Gasteiger charge is -2.15. The van der Waals surface area contributed by atoms with Gasteiger partial charge in [0.2, 0.25) is 0 Å². The smallest absolute Gasteiger partial charge is 0.265 e. The summed E-state index contributed by atoms with van der Waals surface area (Å²) in [6, 6.07) is 5.52. The van der Waals surface area contributed by atoms with Gasteiger partial charge in [-0.25, -0.2) is 0 Å². The number of carbonyl (C=O) groups is 1. The molecule has 104 valence electrons. The van der Waals surface area contributed by atoms with Gasteiger partial charge in [0.05, 0.1) is 6.54 Å². The number of hydrogen-bond donors (Lipinski definition) is 1. The van der Waals surface area contributed by atoms with Crippen LogP contribution in [0.25, 0.3) is 0 Å². The van der Waals surface area contributed by atoms with Crippen LogP contribution in [0.4, 0.5) is 0 Å². The van der Waals surface area contributed by atoms with Crippen LogP contribution in [-0.4, -0.2) is 29.6 Å². The van der Waals surface area contributed by atoms with E-state index in [1.807, 2.05) is 24.4 Å². The molecule has 0 aliphatic rings. The fourth-order valence-electron chi connectivity index (χ4n) is 1.76. The third-order valence-corrected chi connectivity index (χ3v) is 3.60. The monoisotopic (exact) mass is 289 g/mol. The van der Waals surface area contributed by atoms with Gasteiger partial charge in [0.15, 0.2) is 0 Å². The van der Waals surface area contributed by atoms with Crippen LogP contribution in [-0.2, 0) is 6.54 Å². The minimum Gasteiger partial charge on any atom is -0.464 e. The summed E-state index contributed by atoms with van der Waals surface area (Å²) in [4.78, 5) is 14.5. The Labute approximate surface area is 121 Å². The van der Waals surface area contributed by atoms with Crippen LogP contribution >= 0.6 is 11.3 Å². The Hall–Kier alpha value is -2.03. The van der Waals surface area contributed by atoms with Gasteiger partial charge in [-0.2, -0.15) is 0 Å². The Morgan fingerprint density at radius 1 is 1.45 bits per heavy atom. The van der Waals surface area contributed by atoms with Gasteiger partial charge < -0.3 is 14.4 Å². The molecule has 1 N–H and O–H groups in total. The summed E-state index contributed by atoms with van der Waals surface area (Å²) in [5.74, 6) is 6.82. The number of nitrogens with zero attached hydrogens (tertiary/aromatic N) is 1. The van der Waals surface area contributed by atoms with Crippen LogP contribution in [0.15, 0.2) is 28.0 Å². The minimum absolute atomic E-state index is 0.101. The number of rotatable bonds is 3. The lowest BCUT2D eigenvalue weighted by atomic mass is 10.2. The van der Waals surface area contributed by atoms with Gasteiger partial charge in [0.1, 0.15) is 23.0 Å². The maximum absolute atomic E-state index is 12.4. The van der Waals surface area contributed by atoms with Gasteiger partial charge in [-0.3, -0.25) is 4.79 Å². The Kier molecular flexibility index (Phi) is 4.61. The summed E-state index contributed by atoms with van der Waals surface area (Å²) in [6.07, 6.45) is 0. The largest absolute Gasteiger partial charge is 0.464 e. The summed E-state index contributed by atoms with van der Waals surface area (Å²) in [5, 5.41) is 10.5. The van der Waals surface area contributed by atoms with Crippen LogP contribution in [0.5, 0.6) is 0 Å². The summed E-state index contributed by atoms with van der Waals surface area (Å²) in [6.45, 7) is 2.07. The molecule has 0 saturated heterocycles. The number of aryl methyl sites for hydroxylation is 1. The van der Waals surface area contributed by atoms with E-state index in [9.17, 15) is 4.79 Å². The average molecular weight is 289 g/mol. The normalized spacial score (nSPS) is 9.95. The number of aliphatic hydroxyl groups excluding tert-OH is 1. The van der Waals surface area contributed by atoms with Crippen molar-refractivity contribution in [1.82, 2.24) is 4.90 Å².